The van der Waals surface area contributed by atoms with Crippen LogP contribution in [0.15, 0.2) is 66.7 Å². The molecule has 0 radical (unpaired) electrons. The first-order valence-corrected chi connectivity index (χ1v) is 9.97. The van der Waals surface area contributed by atoms with E-state index in [1.807, 2.05) is 46.9 Å². The maximum absolute atomic E-state index is 13.5. The Morgan fingerprint density at radius 2 is 1.44 bits per heavy atom. The van der Waals surface area contributed by atoms with Crippen molar-refractivity contribution in [1.29, 1.82) is 0 Å². The third kappa shape index (κ3) is 3.19. The molecule has 0 aliphatic rings. The second kappa shape index (κ2) is 7.85. The van der Waals surface area contributed by atoms with Gasteiger partial charge in [-0.25, -0.2) is 14.4 Å². The summed E-state index contributed by atoms with van der Waals surface area (Å²) in [6.45, 7) is 0. The first-order valence-electron chi connectivity index (χ1n) is 9.97. The van der Waals surface area contributed by atoms with Crippen LogP contribution in [-0.4, -0.2) is 35.7 Å². The summed E-state index contributed by atoms with van der Waals surface area (Å²) >= 11 is 0. The minimum Gasteiger partial charge on any atom is -0.493 e. The van der Waals surface area contributed by atoms with Crippen LogP contribution in [0.5, 0.6) is 17.2 Å². The van der Waals surface area contributed by atoms with Crippen molar-refractivity contribution in [2.45, 2.75) is 0 Å². The van der Waals surface area contributed by atoms with Crippen molar-refractivity contribution >= 4 is 16.8 Å². The average molecular weight is 429 g/mol. The van der Waals surface area contributed by atoms with Gasteiger partial charge in [0, 0.05) is 11.1 Å². The van der Waals surface area contributed by atoms with Crippen molar-refractivity contribution in [1.82, 2.24) is 14.4 Å². The molecule has 0 spiro atoms. The van der Waals surface area contributed by atoms with Crippen LogP contribution >= 0.6 is 0 Å². The number of hydrogen-bond acceptors (Lipinski definition) is 5. The number of para-hydroxylation sites is 2. The molecule has 0 bridgehead atoms. The molecule has 0 saturated heterocycles. The summed E-state index contributed by atoms with van der Waals surface area (Å²) in [4.78, 5) is 9.47. The van der Waals surface area contributed by atoms with E-state index in [1.165, 1.54) is 12.1 Å². The fourth-order valence-electron chi connectivity index (χ4n) is 3.87. The van der Waals surface area contributed by atoms with Gasteiger partial charge >= 0.3 is 0 Å². The normalized spacial score (nSPS) is 11.1. The largest absolute Gasteiger partial charge is 0.493 e. The van der Waals surface area contributed by atoms with E-state index in [1.54, 1.807) is 33.5 Å². The smallest absolute Gasteiger partial charge is 0.235 e. The third-order valence-corrected chi connectivity index (χ3v) is 5.38. The van der Waals surface area contributed by atoms with Crippen LogP contribution in [0.3, 0.4) is 0 Å². The number of benzene rings is 3. The van der Waals surface area contributed by atoms with Gasteiger partial charge in [-0.2, -0.15) is 0 Å². The van der Waals surface area contributed by atoms with E-state index in [4.69, 9.17) is 24.2 Å². The summed E-state index contributed by atoms with van der Waals surface area (Å²) < 4.78 is 32.1. The van der Waals surface area contributed by atoms with Crippen LogP contribution in [0.1, 0.15) is 0 Å². The standard InChI is InChI=1S/C25H20FN3O3/c1-30-22-12-16(13-23(31-2)24(22)32-3)21-14-19(15-8-10-17(26)11-9-15)28-25-27-18-6-4-5-7-20(18)29(21)25/h4-14H,1-3H3. The van der Waals surface area contributed by atoms with Crippen LogP contribution in [0, 0.1) is 5.82 Å². The van der Waals surface area contributed by atoms with E-state index in [0.717, 1.165) is 27.9 Å². The summed E-state index contributed by atoms with van der Waals surface area (Å²) in [5.41, 5.74) is 4.88. The lowest BCUT2D eigenvalue weighted by Crippen LogP contribution is -2.00. The molecular formula is C25H20FN3O3. The number of halogens is 1. The van der Waals surface area contributed by atoms with E-state index in [-0.39, 0.29) is 5.82 Å². The summed E-state index contributed by atoms with van der Waals surface area (Å²) in [6.07, 6.45) is 0. The molecule has 0 aliphatic heterocycles. The van der Waals surface area contributed by atoms with Gasteiger partial charge in [0.1, 0.15) is 5.82 Å². The molecule has 0 aliphatic carbocycles. The van der Waals surface area contributed by atoms with E-state index < -0.39 is 0 Å². The summed E-state index contributed by atoms with van der Waals surface area (Å²) in [5.74, 6) is 1.83. The molecule has 6 nitrogen and oxygen atoms in total. The number of methoxy groups -OCH3 is 3. The van der Waals surface area contributed by atoms with Gasteiger partial charge in [0.25, 0.3) is 0 Å². The second-order valence-electron chi connectivity index (χ2n) is 7.18. The molecule has 32 heavy (non-hydrogen) atoms. The van der Waals surface area contributed by atoms with Gasteiger partial charge in [-0.15, -0.1) is 0 Å². The van der Waals surface area contributed by atoms with Gasteiger partial charge in [-0.1, -0.05) is 12.1 Å². The molecule has 2 aromatic heterocycles. The number of imidazole rings is 1. The first-order chi connectivity index (χ1) is 15.6. The molecule has 5 rings (SSSR count). The minimum atomic E-state index is -0.300. The fraction of sp³-hybridized carbons (Fsp3) is 0.120. The minimum absolute atomic E-state index is 0.300. The van der Waals surface area contributed by atoms with Crippen molar-refractivity contribution in [3.63, 3.8) is 0 Å². The molecule has 0 saturated carbocycles. The topological polar surface area (TPSA) is 57.9 Å². The maximum Gasteiger partial charge on any atom is 0.235 e. The Morgan fingerprint density at radius 1 is 0.750 bits per heavy atom. The fourth-order valence-corrected chi connectivity index (χ4v) is 3.87. The molecule has 0 amide bonds. The monoisotopic (exact) mass is 429 g/mol. The highest BCUT2D eigenvalue weighted by atomic mass is 19.1. The molecule has 0 atom stereocenters. The molecule has 2 heterocycles. The number of nitrogens with zero attached hydrogens (tertiary/aromatic N) is 3. The molecule has 5 aromatic rings. The lowest BCUT2D eigenvalue weighted by atomic mass is 10.1. The highest BCUT2D eigenvalue weighted by Crippen LogP contribution is 2.42. The summed E-state index contributed by atoms with van der Waals surface area (Å²) in [5, 5.41) is 0. The second-order valence-corrected chi connectivity index (χ2v) is 7.18. The first kappa shape index (κ1) is 19.8. The van der Waals surface area contributed by atoms with E-state index in [0.29, 0.717) is 28.7 Å². The van der Waals surface area contributed by atoms with E-state index >= 15 is 0 Å². The SMILES string of the molecule is COc1cc(-c2cc(-c3ccc(F)cc3)nc3nc4ccccc4n23)cc(OC)c1OC. The Bertz CT molecular complexity index is 1420. The average Bonchev–Trinajstić information content (AvgIpc) is 3.21. The number of fused-ring (bicyclic) bond motifs is 3. The number of hydrogen-bond donors (Lipinski definition) is 0. The zero-order chi connectivity index (χ0) is 22.2. The Labute approximate surface area is 183 Å². The van der Waals surface area contributed by atoms with Gasteiger partial charge in [-0.3, -0.25) is 4.40 Å². The molecule has 160 valence electrons. The number of aromatic nitrogens is 3. The van der Waals surface area contributed by atoms with E-state index in [2.05, 4.69) is 0 Å². The Hall–Kier alpha value is -4.13. The Kier molecular flexibility index (Phi) is 4.86. The summed E-state index contributed by atoms with van der Waals surface area (Å²) in [6, 6.07) is 19.8. The number of rotatable bonds is 5. The van der Waals surface area contributed by atoms with E-state index in [9.17, 15) is 4.39 Å². The van der Waals surface area contributed by atoms with Crippen molar-refractivity contribution in [2.75, 3.05) is 21.3 Å². The van der Waals surface area contributed by atoms with Crippen molar-refractivity contribution in [3.05, 3.63) is 72.5 Å². The molecule has 0 N–H and O–H groups in total. The maximum atomic E-state index is 13.5. The van der Waals surface area contributed by atoms with Crippen molar-refractivity contribution in [3.8, 4) is 39.8 Å². The zero-order valence-corrected chi connectivity index (χ0v) is 17.8. The summed E-state index contributed by atoms with van der Waals surface area (Å²) in [7, 11) is 4.74. The van der Waals surface area contributed by atoms with Gasteiger partial charge in [0.15, 0.2) is 11.5 Å². The molecule has 7 heteroatoms. The Balaban J connectivity index is 1.86. The van der Waals surface area contributed by atoms with Crippen LogP contribution < -0.4 is 14.2 Å². The van der Waals surface area contributed by atoms with Crippen LogP contribution in [0.25, 0.3) is 39.3 Å². The van der Waals surface area contributed by atoms with Crippen LogP contribution in [-0.2, 0) is 0 Å². The molecular weight excluding hydrogens is 409 g/mol. The quantitative estimate of drug-likeness (QED) is 0.375. The third-order valence-electron chi connectivity index (χ3n) is 5.38. The van der Waals surface area contributed by atoms with Gasteiger partial charge in [-0.05, 0) is 54.6 Å². The molecule has 0 fully saturated rings. The predicted molar refractivity (Wildman–Crippen MR) is 121 cm³/mol. The lowest BCUT2D eigenvalue weighted by molar-refractivity contribution is 0.324. The van der Waals surface area contributed by atoms with Crippen LogP contribution in [0.2, 0.25) is 0 Å². The van der Waals surface area contributed by atoms with Crippen molar-refractivity contribution < 1.29 is 18.6 Å². The highest BCUT2D eigenvalue weighted by molar-refractivity contribution is 5.85. The van der Waals surface area contributed by atoms with Crippen LogP contribution in [0.4, 0.5) is 4.39 Å². The lowest BCUT2D eigenvalue weighted by Gasteiger charge is -2.16. The molecule has 0 unspecified atom stereocenters. The zero-order valence-electron chi connectivity index (χ0n) is 17.8. The van der Waals surface area contributed by atoms with Gasteiger partial charge in [0.05, 0.1) is 43.8 Å². The Morgan fingerprint density at radius 3 is 2.09 bits per heavy atom. The van der Waals surface area contributed by atoms with Gasteiger partial charge in [0.2, 0.25) is 11.5 Å². The molecule has 3 aromatic carbocycles. The number of ether oxygens (including phenoxy) is 3. The van der Waals surface area contributed by atoms with Crippen molar-refractivity contribution in [2.24, 2.45) is 0 Å². The predicted octanol–water partition coefficient (Wildman–Crippen LogP) is 5.38. The highest BCUT2D eigenvalue weighted by Gasteiger charge is 2.19. The van der Waals surface area contributed by atoms with Gasteiger partial charge < -0.3 is 14.2 Å².